The molecule has 0 fully saturated rings. The highest BCUT2D eigenvalue weighted by molar-refractivity contribution is 5.91. The molecule has 0 aliphatic carbocycles. The summed E-state index contributed by atoms with van der Waals surface area (Å²) in [5.41, 5.74) is 5.70. The van der Waals surface area contributed by atoms with Gasteiger partial charge in [-0.3, -0.25) is 38.4 Å². The van der Waals surface area contributed by atoms with Crippen molar-refractivity contribution < 1.29 is 71.6 Å². The number of ether oxygens (including phenoxy) is 6. The Kier molecular flexibility index (Phi) is 52.4. The topological polar surface area (TPSA) is 307 Å². The van der Waals surface area contributed by atoms with E-state index in [0.29, 0.717) is 45.1 Å². The first-order valence-electron chi connectivity index (χ1n) is 32.3. The summed E-state index contributed by atoms with van der Waals surface area (Å²) in [5.74, 6) is -3.05. The lowest BCUT2D eigenvalue weighted by atomic mass is 10.0. The molecule has 0 unspecified atom stereocenters. The third-order valence-corrected chi connectivity index (χ3v) is 12.6. The summed E-state index contributed by atoms with van der Waals surface area (Å²) in [6.07, 6.45) is 18.2. The van der Waals surface area contributed by atoms with Crippen LogP contribution in [0, 0.1) is 0 Å². The van der Waals surface area contributed by atoms with Gasteiger partial charge < -0.3 is 66.1 Å². The molecule has 1 aromatic rings. The van der Waals surface area contributed by atoms with Gasteiger partial charge in [-0.2, -0.15) is 0 Å². The number of esters is 2. The van der Waals surface area contributed by atoms with Gasteiger partial charge in [0.15, 0.2) is 5.78 Å². The van der Waals surface area contributed by atoms with Crippen molar-refractivity contribution in [3.63, 3.8) is 0 Å². The number of nitrogens with two attached hydrogens (primary N) is 1. The van der Waals surface area contributed by atoms with E-state index < -0.39 is 47.1 Å². The van der Waals surface area contributed by atoms with Gasteiger partial charge in [0.25, 0.3) is 0 Å². The van der Waals surface area contributed by atoms with Gasteiger partial charge in [0.1, 0.15) is 30.5 Å². The first-order valence-corrected chi connectivity index (χ1v) is 32.3. The largest absolute Gasteiger partial charge is 0.460 e. The zero-order valence-electron chi connectivity index (χ0n) is 55.4. The number of carbonyl (C=O) groups is 9. The lowest BCUT2D eigenvalue weighted by molar-refractivity contribution is -0.159. The average Bonchev–Trinajstić information content (AvgIpc) is 3.56. The third kappa shape index (κ3) is 54.3. The van der Waals surface area contributed by atoms with Crippen LogP contribution in [0.3, 0.4) is 0 Å². The maximum atomic E-state index is 13.0. The van der Waals surface area contributed by atoms with E-state index in [1.54, 1.807) is 20.8 Å². The Morgan fingerprint density at radius 1 is 0.448 bits per heavy atom. The summed E-state index contributed by atoms with van der Waals surface area (Å²) in [6, 6.07) is 6.80. The molecule has 6 amide bonds. The van der Waals surface area contributed by atoms with Gasteiger partial charge in [-0.15, -0.1) is 0 Å². The van der Waals surface area contributed by atoms with E-state index in [9.17, 15) is 43.2 Å². The van der Waals surface area contributed by atoms with Crippen LogP contribution < -0.4 is 37.6 Å². The van der Waals surface area contributed by atoms with Crippen molar-refractivity contribution >= 4 is 53.2 Å². The Hall–Kier alpha value is -5.55. The van der Waals surface area contributed by atoms with Crippen LogP contribution in [0.1, 0.15) is 217 Å². The predicted molar refractivity (Wildman–Crippen MR) is 339 cm³/mol. The fourth-order valence-corrected chi connectivity index (χ4v) is 8.26. The number of amides is 6. The van der Waals surface area contributed by atoms with Gasteiger partial charge in [0.2, 0.25) is 35.4 Å². The van der Waals surface area contributed by atoms with Crippen LogP contribution in [-0.2, 0) is 78.0 Å². The molecule has 1 aromatic carbocycles. The highest BCUT2D eigenvalue weighted by Gasteiger charge is 2.27. The number of ketones is 1. The zero-order chi connectivity index (χ0) is 65.6. The maximum Gasteiger partial charge on any atom is 0.329 e. The van der Waals surface area contributed by atoms with Crippen LogP contribution in [-0.4, -0.2) is 162 Å². The molecule has 22 heteroatoms. The molecular weight excluding hydrogens is 1120 g/mol. The van der Waals surface area contributed by atoms with Crippen molar-refractivity contribution in [2.24, 2.45) is 5.73 Å². The Balaban J connectivity index is 0. The Morgan fingerprint density at radius 3 is 1.39 bits per heavy atom. The molecule has 8 N–H and O–H groups in total. The summed E-state index contributed by atoms with van der Waals surface area (Å²) in [7, 11) is 0. The maximum absolute atomic E-state index is 13.0. The fraction of sp³-hybridized carbons (Fsp3) is 0.769. The number of hydrogen-bond donors (Lipinski definition) is 7. The van der Waals surface area contributed by atoms with E-state index in [0.717, 1.165) is 50.5 Å². The molecule has 87 heavy (non-hydrogen) atoms. The van der Waals surface area contributed by atoms with Gasteiger partial charge >= 0.3 is 11.9 Å². The summed E-state index contributed by atoms with van der Waals surface area (Å²) >= 11 is 0. The van der Waals surface area contributed by atoms with Crippen molar-refractivity contribution in [3.8, 4) is 0 Å². The van der Waals surface area contributed by atoms with E-state index in [1.807, 2.05) is 78.8 Å². The fourth-order valence-electron chi connectivity index (χ4n) is 8.26. The number of carbonyl (C=O) groups excluding carboxylic acids is 9. The minimum absolute atomic E-state index is 0.000797. The number of rotatable bonds is 50. The number of Topliss-reactive ketones (excluding diaryl/α,β-unsaturated/α-hetero) is 1. The van der Waals surface area contributed by atoms with Gasteiger partial charge in [0, 0.05) is 38.9 Å². The van der Waals surface area contributed by atoms with Crippen LogP contribution >= 0.6 is 0 Å². The Bertz CT molecular complexity index is 2000. The minimum Gasteiger partial charge on any atom is -0.460 e. The number of nitrogens with one attached hydrogen (secondary N) is 6. The average molecular weight is 1240 g/mol. The molecule has 0 saturated heterocycles. The van der Waals surface area contributed by atoms with E-state index >= 15 is 0 Å². The quantitative estimate of drug-likeness (QED) is 0.0244. The first kappa shape index (κ1) is 83.5. The van der Waals surface area contributed by atoms with E-state index in [1.165, 1.54) is 51.9 Å². The van der Waals surface area contributed by atoms with Crippen molar-refractivity contribution in [1.82, 2.24) is 31.9 Å². The lowest BCUT2D eigenvalue weighted by Gasteiger charge is -2.24. The molecule has 22 nitrogen and oxygen atoms in total. The lowest BCUT2D eigenvalue weighted by Crippen LogP contribution is -2.48. The SMILES string of the molecule is CC.CC.CC(=O)[C@H](Cc1ccccc1)NC(=O)CNC(=O)[C@@H](N)CCCCNC(=O)COCCOCCNC(=O)COCCOCCNC(=O)CC[C@H](NC(=O)CCCCCCCCCCCCCCCCC(=O)OC(C)(C)C)C(=O)OC(C)(C)C. The highest BCUT2D eigenvalue weighted by Crippen LogP contribution is 2.16. The summed E-state index contributed by atoms with van der Waals surface area (Å²) < 4.78 is 32.5. The first-order chi connectivity index (χ1) is 41.5. The van der Waals surface area contributed by atoms with Crippen LogP contribution in [0.5, 0.6) is 0 Å². The third-order valence-electron chi connectivity index (χ3n) is 12.6. The van der Waals surface area contributed by atoms with Gasteiger partial charge in [-0.25, -0.2) is 4.79 Å². The summed E-state index contributed by atoms with van der Waals surface area (Å²) in [5, 5.41) is 16.1. The summed E-state index contributed by atoms with van der Waals surface area (Å²) in [4.78, 5) is 111. The minimum atomic E-state index is -0.951. The molecule has 0 saturated carbocycles. The summed E-state index contributed by atoms with van der Waals surface area (Å²) in [6.45, 7) is 21.7. The molecule has 0 aliphatic heterocycles. The van der Waals surface area contributed by atoms with E-state index in [4.69, 9.17) is 34.2 Å². The second kappa shape index (κ2) is 54.6. The molecule has 0 aromatic heterocycles. The molecule has 502 valence electrons. The second-order valence-corrected chi connectivity index (χ2v) is 22.8. The smallest absolute Gasteiger partial charge is 0.329 e. The second-order valence-electron chi connectivity index (χ2n) is 22.8. The van der Waals surface area contributed by atoms with Crippen molar-refractivity contribution in [2.45, 2.75) is 247 Å². The molecule has 1 rings (SSSR count). The normalized spacial score (nSPS) is 12.1. The molecule has 0 heterocycles. The van der Waals surface area contributed by atoms with Crippen LogP contribution in [0.25, 0.3) is 0 Å². The van der Waals surface area contributed by atoms with Crippen LogP contribution in [0.4, 0.5) is 0 Å². The standard InChI is InChI=1S/C61H105N7O15.2C2H6/c1-47(69)51(43-48-27-21-20-22-28-48)68-54(72)44-66-58(76)49(62)29-25-26-34-63-55(73)45-80-41-40-79-38-36-65-56(74)46-81-42-39-78-37-35-64-52(70)33-32-50(59(77)83-61(5,6)7)67-53(71)30-23-18-16-14-12-10-8-9-11-13-15-17-19-24-31-57(75)82-60(2,3)4;2*1-2/h20-22,27-28,49-51H,8-19,23-26,29-46,62H2,1-7H3,(H,63,73)(H,64,70)(H,65,74)(H,66,76)(H,67,71)(H,68,72);2*1-2H3/t49-,50-,51-;;/m0../s1. The molecule has 0 spiro atoms. The number of benzene rings is 1. The molecule has 0 aliphatic rings. The monoisotopic (exact) mass is 1240 g/mol. The number of hydrogen-bond acceptors (Lipinski definition) is 16. The predicted octanol–water partition coefficient (Wildman–Crippen LogP) is 7.57. The molecule has 0 bridgehead atoms. The van der Waals surface area contributed by atoms with E-state index in [-0.39, 0.29) is 121 Å². The highest BCUT2D eigenvalue weighted by atomic mass is 16.6. The van der Waals surface area contributed by atoms with Crippen molar-refractivity contribution in [1.29, 1.82) is 0 Å². The van der Waals surface area contributed by atoms with Gasteiger partial charge in [-0.05, 0) is 99.0 Å². The van der Waals surface area contributed by atoms with Crippen molar-refractivity contribution in [2.75, 3.05) is 79.0 Å². The van der Waals surface area contributed by atoms with Gasteiger partial charge in [0.05, 0.1) is 58.3 Å². The van der Waals surface area contributed by atoms with Crippen molar-refractivity contribution in [3.05, 3.63) is 35.9 Å². The molecule has 3 atom stereocenters. The Labute approximate surface area is 522 Å². The zero-order valence-corrected chi connectivity index (χ0v) is 55.4. The van der Waals surface area contributed by atoms with E-state index in [2.05, 4.69) is 31.9 Å². The number of unbranched alkanes of at least 4 members (excludes halogenated alkanes) is 14. The van der Waals surface area contributed by atoms with Crippen LogP contribution in [0.2, 0.25) is 0 Å². The Morgan fingerprint density at radius 2 is 0.897 bits per heavy atom. The molecule has 0 radical (unpaired) electrons. The van der Waals surface area contributed by atoms with Crippen LogP contribution in [0.15, 0.2) is 30.3 Å². The van der Waals surface area contributed by atoms with Gasteiger partial charge in [-0.1, -0.05) is 135 Å². The molecular formula is C65H117N7O15.